The standard InChI is InChI=1S/C18H25ClN2O3S/c1-25(23,24)21-17(15-7-9-16(19)10-8-15)13-18(22)20-12-11-14-5-3-2-4-6-14/h5,7-10,17,21H,2-4,6,11-13H2,1H3,(H,20,22)/t17-/m0/s1. The lowest BCUT2D eigenvalue weighted by atomic mass is 9.97. The molecule has 0 unspecified atom stereocenters. The zero-order chi connectivity index (χ0) is 18.3. The predicted octanol–water partition coefficient (Wildman–Crippen LogP) is 3.33. The quantitative estimate of drug-likeness (QED) is 0.675. The van der Waals surface area contributed by atoms with E-state index in [1.807, 2.05) is 0 Å². The summed E-state index contributed by atoms with van der Waals surface area (Å²) in [6.45, 7) is 0.580. The number of amides is 1. The van der Waals surface area contributed by atoms with Gasteiger partial charge in [-0.05, 0) is 49.8 Å². The maximum atomic E-state index is 12.2. The average Bonchev–Trinajstić information content (AvgIpc) is 2.54. The molecule has 1 atom stereocenters. The van der Waals surface area contributed by atoms with E-state index in [-0.39, 0.29) is 12.3 Å². The van der Waals surface area contributed by atoms with Gasteiger partial charge in [-0.25, -0.2) is 13.1 Å². The molecule has 0 saturated heterocycles. The Kier molecular flexibility index (Phi) is 7.47. The summed E-state index contributed by atoms with van der Waals surface area (Å²) in [6, 6.07) is 6.21. The molecular formula is C18H25ClN2O3S. The van der Waals surface area contributed by atoms with Crippen LogP contribution in [-0.4, -0.2) is 27.1 Å². The van der Waals surface area contributed by atoms with Gasteiger partial charge in [-0.1, -0.05) is 35.4 Å². The number of carbonyl (C=O) groups is 1. The van der Waals surface area contributed by atoms with Gasteiger partial charge in [0.05, 0.1) is 12.3 Å². The average molecular weight is 385 g/mol. The Bertz CT molecular complexity index is 714. The molecule has 0 bridgehead atoms. The zero-order valence-electron chi connectivity index (χ0n) is 14.4. The number of halogens is 1. The van der Waals surface area contributed by atoms with Crippen LogP contribution in [0.25, 0.3) is 0 Å². The zero-order valence-corrected chi connectivity index (χ0v) is 16.0. The first-order chi connectivity index (χ1) is 11.8. The van der Waals surface area contributed by atoms with Crippen molar-refractivity contribution in [1.82, 2.24) is 10.0 Å². The Labute approximate surface area is 154 Å². The Morgan fingerprint density at radius 2 is 1.96 bits per heavy atom. The summed E-state index contributed by atoms with van der Waals surface area (Å²) >= 11 is 5.87. The molecule has 2 N–H and O–H groups in total. The molecule has 0 spiro atoms. The molecule has 1 aromatic rings. The largest absolute Gasteiger partial charge is 0.356 e. The molecule has 1 aliphatic carbocycles. The highest BCUT2D eigenvalue weighted by molar-refractivity contribution is 7.88. The molecule has 1 amide bonds. The fourth-order valence-electron chi connectivity index (χ4n) is 2.93. The normalized spacial score (nSPS) is 16.2. The summed E-state index contributed by atoms with van der Waals surface area (Å²) in [6.07, 6.45) is 8.96. The maximum absolute atomic E-state index is 12.2. The van der Waals surface area contributed by atoms with Gasteiger partial charge in [-0.2, -0.15) is 0 Å². The van der Waals surface area contributed by atoms with Gasteiger partial charge in [0.1, 0.15) is 0 Å². The number of benzene rings is 1. The first-order valence-corrected chi connectivity index (χ1v) is 10.8. The fourth-order valence-corrected chi connectivity index (χ4v) is 3.80. The van der Waals surface area contributed by atoms with Gasteiger partial charge < -0.3 is 5.32 Å². The van der Waals surface area contributed by atoms with Gasteiger partial charge in [-0.15, -0.1) is 0 Å². The van der Waals surface area contributed by atoms with Crippen LogP contribution in [0, 0.1) is 0 Å². The van der Waals surface area contributed by atoms with E-state index in [9.17, 15) is 13.2 Å². The molecule has 0 heterocycles. The van der Waals surface area contributed by atoms with E-state index in [4.69, 9.17) is 11.6 Å². The minimum absolute atomic E-state index is 0.0494. The van der Waals surface area contributed by atoms with Crippen LogP contribution in [0.3, 0.4) is 0 Å². The lowest BCUT2D eigenvalue weighted by Gasteiger charge is -2.18. The van der Waals surface area contributed by atoms with Crippen molar-refractivity contribution in [3.8, 4) is 0 Å². The first kappa shape index (κ1) is 19.9. The smallest absolute Gasteiger partial charge is 0.221 e. The maximum Gasteiger partial charge on any atom is 0.221 e. The number of rotatable bonds is 8. The Hall–Kier alpha value is -1.37. The van der Waals surface area contributed by atoms with Crippen LogP contribution >= 0.6 is 11.6 Å². The van der Waals surface area contributed by atoms with Gasteiger partial charge >= 0.3 is 0 Å². The lowest BCUT2D eigenvalue weighted by Crippen LogP contribution is -2.33. The van der Waals surface area contributed by atoms with E-state index in [0.29, 0.717) is 17.1 Å². The van der Waals surface area contributed by atoms with Gasteiger partial charge in [0.15, 0.2) is 0 Å². The van der Waals surface area contributed by atoms with Crippen molar-refractivity contribution in [2.45, 2.75) is 44.6 Å². The van der Waals surface area contributed by atoms with Crippen LogP contribution in [0.5, 0.6) is 0 Å². The summed E-state index contributed by atoms with van der Waals surface area (Å²) in [5.74, 6) is -0.174. The predicted molar refractivity (Wildman–Crippen MR) is 101 cm³/mol. The second-order valence-electron chi connectivity index (χ2n) is 6.41. The topological polar surface area (TPSA) is 75.3 Å². The number of hydrogen-bond donors (Lipinski definition) is 2. The van der Waals surface area contributed by atoms with Crippen molar-refractivity contribution in [1.29, 1.82) is 0 Å². The van der Waals surface area contributed by atoms with Crippen molar-refractivity contribution in [2.75, 3.05) is 12.8 Å². The number of sulfonamides is 1. The first-order valence-electron chi connectivity index (χ1n) is 8.51. The summed E-state index contributed by atoms with van der Waals surface area (Å²) < 4.78 is 25.7. The molecule has 0 aromatic heterocycles. The molecule has 0 aliphatic heterocycles. The highest BCUT2D eigenvalue weighted by Gasteiger charge is 2.19. The Morgan fingerprint density at radius 3 is 2.56 bits per heavy atom. The highest BCUT2D eigenvalue weighted by Crippen LogP contribution is 2.21. The molecule has 1 aliphatic rings. The van der Waals surface area contributed by atoms with Crippen LogP contribution in [0.2, 0.25) is 5.02 Å². The lowest BCUT2D eigenvalue weighted by molar-refractivity contribution is -0.121. The molecular weight excluding hydrogens is 360 g/mol. The summed E-state index contributed by atoms with van der Waals surface area (Å²) in [5.41, 5.74) is 2.11. The minimum atomic E-state index is -3.44. The second-order valence-corrected chi connectivity index (χ2v) is 8.62. The summed E-state index contributed by atoms with van der Waals surface area (Å²) in [4.78, 5) is 12.2. The van der Waals surface area contributed by atoms with Crippen LogP contribution in [0.15, 0.2) is 35.9 Å². The number of nitrogens with one attached hydrogen (secondary N) is 2. The van der Waals surface area contributed by atoms with Crippen molar-refractivity contribution in [3.63, 3.8) is 0 Å². The van der Waals surface area contributed by atoms with E-state index < -0.39 is 16.1 Å². The van der Waals surface area contributed by atoms with Crippen LogP contribution in [-0.2, 0) is 14.8 Å². The molecule has 0 radical (unpaired) electrons. The molecule has 1 aromatic carbocycles. The highest BCUT2D eigenvalue weighted by atomic mass is 35.5. The van der Waals surface area contributed by atoms with Crippen LogP contribution < -0.4 is 10.0 Å². The Balaban J connectivity index is 1.92. The van der Waals surface area contributed by atoms with Gasteiger partial charge in [-0.3, -0.25) is 4.79 Å². The van der Waals surface area contributed by atoms with Gasteiger partial charge in [0.25, 0.3) is 0 Å². The summed E-state index contributed by atoms with van der Waals surface area (Å²) in [5, 5.41) is 3.45. The van der Waals surface area contributed by atoms with E-state index >= 15 is 0 Å². The minimum Gasteiger partial charge on any atom is -0.356 e. The van der Waals surface area contributed by atoms with E-state index in [0.717, 1.165) is 25.5 Å². The fraction of sp³-hybridized carbons (Fsp3) is 0.500. The number of allylic oxidation sites excluding steroid dienone is 1. The molecule has 2 rings (SSSR count). The number of hydrogen-bond acceptors (Lipinski definition) is 3. The molecule has 25 heavy (non-hydrogen) atoms. The summed E-state index contributed by atoms with van der Waals surface area (Å²) in [7, 11) is -3.44. The van der Waals surface area contributed by atoms with E-state index in [1.165, 1.54) is 18.4 Å². The third-order valence-electron chi connectivity index (χ3n) is 4.17. The van der Waals surface area contributed by atoms with Gasteiger partial charge in [0.2, 0.25) is 15.9 Å². The van der Waals surface area contributed by atoms with Crippen molar-refractivity contribution in [2.24, 2.45) is 0 Å². The molecule has 7 heteroatoms. The Morgan fingerprint density at radius 1 is 1.24 bits per heavy atom. The third-order valence-corrected chi connectivity index (χ3v) is 5.14. The van der Waals surface area contributed by atoms with E-state index in [2.05, 4.69) is 16.1 Å². The molecule has 0 fully saturated rings. The SMILES string of the molecule is CS(=O)(=O)N[C@@H](CC(=O)NCCC1=CCCCC1)c1ccc(Cl)cc1. The van der Waals surface area contributed by atoms with Crippen molar-refractivity contribution < 1.29 is 13.2 Å². The number of carbonyl (C=O) groups excluding carboxylic acids is 1. The molecule has 5 nitrogen and oxygen atoms in total. The molecule has 0 saturated carbocycles. The van der Waals surface area contributed by atoms with Crippen LogP contribution in [0.1, 0.15) is 50.1 Å². The van der Waals surface area contributed by atoms with Crippen molar-refractivity contribution >= 4 is 27.5 Å². The van der Waals surface area contributed by atoms with Crippen LogP contribution in [0.4, 0.5) is 0 Å². The van der Waals surface area contributed by atoms with Gasteiger partial charge in [0, 0.05) is 18.0 Å². The third kappa shape index (κ3) is 7.59. The van der Waals surface area contributed by atoms with E-state index in [1.54, 1.807) is 24.3 Å². The van der Waals surface area contributed by atoms with Crippen molar-refractivity contribution in [3.05, 3.63) is 46.5 Å². The second kappa shape index (κ2) is 9.36. The monoisotopic (exact) mass is 384 g/mol. The molecule has 138 valence electrons.